The van der Waals surface area contributed by atoms with E-state index in [9.17, 15) is 18.0 Å². The van der Waals surface area contributed by atoms with Crippen LogP contribution in [-0.4, -0.2) is 34.8 Å². The zero-order valence-electron chi connectivity index (χ0n) is 12.9. The lowest BCUT2D eigenvalue weighted by molar-refractivity contribution is 0.102. The summed E-state index contributed by atoms with van der Waals surface area (Å²) in [5.41, 5.74) is 2.06. The molecule has 0 spiro atoms. The molecule has 0 unspecified atom stereocenters. The van der Waals surface area contributed by atoms with Gasteiger partial charge in [0.05, 0.1) is 11.4 Å². The van der Waals surface area contributed by atoms with E-state index in [1.165, 1.54) is 12.1 Å². The van der Waals surface area contributed by atoms with E-state index in [4.69, 9.17) is 0 Å². The number of anilines is 1. The van der Waals surface area contributed by atoms with Gasteiger partial charge in [-0.15, -0.1) is 24.2 Å². The Morgan fingerprint density at radius 3 is 2.96 bits per heavy atom. The molecule has 0 atom stereocenters. The molecule has 5 nitrogen and oxygen atoms in total. The summed E-state index contributed by atoms with van der Waals surface area (Å²) < 4.78 is 38.3. The fourth-order valence-electron chi connectivity index (χ4n) is 2.47. The fraction of sp³-hybridized carbons (Fsp3) is 0.333. The molecule has 1 aliphatic rings. The highest BCUT2D eigenvalue weighted by molar-refractivity contribution is 7.99. The highest BCUT2D eigenvalue weighted by atomic mass is 35.5. The standard InChI is InChI=1S/C15H15F3N4OS.ClH/c16-8-1-2-12(24-7-13(17)18)11(5-8)20-15(23)14-9-6-19-4-3-10(9)21-22-14;/h1-2,5,13,19H,3-4,6-7H2,(H,20,23)(H,21,22);1H. The molecule has 3 rings (SSSR count). The van der Waals surface area contributed by atoms with Crippen molar-refractivity contribution in [2.75, 3.05) is 17.6 Å². The van der Waals surface area contributed by atoms with Gasteiger partial charge in [-0.3, -0.25) is 9.89 Å². The van der Waals surface area contributed by atoms with Crippen LogP contribution in [0, 0.1) is 5.82 Å². The van der Waals surface area contributed by atoms with Crippen molar-refractivity contribution in [2.24, 2.45) is 0 Å². The third kappa shape index (κ3) is 4.68. The number of nitrogens with one attached hydrogen (secondary N) is 3. The Morgan fingerprint density at radius 2 is 2.20 bits per heavy atom. The number of benzene rings is 1. The number of amides is 1. The van der Waals surface area contributed by atoms with E-state index in [-0.39, 0.29) is 23.8 Å². The number of fused-ring (bicyclic) bond motifs is 1. The predicted molar refractivity (Wildman–Crippen MR) is 92.3 cm³/mol. The van der Waals surface area contributed by atoms with E-state index >= 15 is 0 Å². The van der Waals surface area contributed by atoms with Crippen molar-refractivity contribution in [1.82, 2.24) is 15.5 Å². The largest absolute Gasteiger partial charge is 0.319 e. The number of hydrogen-bond acceptors (Lipinski definition) is 4. The summed E-state index contributed by atoms with van der Waals surface area (Å²) >= 11 is 0.860. The second-order valence-corrected chi connectivity index (χ2v) is 6.31. The van der Waals surface area contributed by atoms with Crippen molar-refractivity contribution >= 4 is 35.8 Å². The summed E-state index contributed by atoms with van der Waals surface area (Å²) in [6.07, 6.45) is -1.75. The maximum atomic E-state index is 13.5. The summed E-state index contributed by atoms with van der Waals surface area (Å²) in [7, 11) is 0. The molecule has 2 aromatic rings. The maximum Gasteiger partial charge on any atom is 0.276 e. The van der Waals surface area contributed by atoms with E-state index in [1.807, 2.05) is 0 Å². The molecule has 1 aromatic carbocycles. The van der Waals surface area contributed by atoms with Crippen LogP contribution in [-0.2, 0) is 13.0 Å². The number of alkyl halides is 2. The van der Waals surface area contributed by atoms with Crippen LogP contribution in [0.4, 0.5) is 18.9 Å². The first kappa shape index (κ1) is 19.6. The Kier molecular flexibility index (Phi) is 6.74. The fourth-order valence-corrected chi connectivity index (χ4v) is 3.21. The lowest BCUT2D eigenvalue weighted by Gasteiger charge is -2.14. The molecule has 0 saturated carbocycles. The van der Waals surface area contributed by atoms with Gasteiger partial charge < -0.3 is 10.6 Å². The minimum Gasteiger partial charge on any atom is -0.319 e. The minimum atomic E-state index is -2.49. The van der Waals surface area contributed by atoms with Gasteiger partial charge in [-0.25, -0.2) is 13.2 Å². The molecule has 0 saturated heterocycles. The van der Waals surface area contributed by atoms with Crippen LogP contribution in [0.25, 0.3) is 0 Å². The second-order valence-electron chi connectivity index (χ2n) is 5.25. The highest BCUT2D eigenvalue weighted by Crippen LogP contribution is 2.30. The number of aromatic nitrogens is 2. The van der Waals surface area contributed by atoms with E-state index < -0.39 is 23.9 Å². The Bertz CT molecular complexity index is 756. The Hall–Kier alpha value is -1.71. The second kappa shape index (κ2) is 8.59. The first-order chi connectivity index (χ1) is 11.5. The first-order valence-corrected chi connectivity index (χ1v) is 8.32. The van der Waals surface area contributed by atoms with Gasteiger partial charge in [-0.1, -0.05) is 0 Å². The van der Waals surface area contributed by atoms with Crippen LogP contribution < -0.4 is 10.6 Å². The molecule has 0 aliphatic carbocycles. The molecule has 25 heavy (non-hydrogen) atoms. The SMILES string of the molecule is Cl.O=C(Nc1cc(F)ccc1SCC(F)F)c1n[nH]c2c1CNCC2. The molecule has 1 amide bonds. The van der Waals surface area contributed by atoms with Gasteiger partial charge in [0, 0.05) is 35.7 Å². The number of thioether (sulfide) groups is 1. The van der Waals surface area contributed by atoms with E-state index in [0.29, 0.717) is 11.4 Å². The third-order valence-corrected chi connectivity index (χ3v) is 4.66. The van der Waals surface area contributed by atoms with Crippen LogP contribution in [0.1, 0.15) is 21.7 Å². The molecule has 2 heterocycles. The zero-order chi connectivity index (χ0) is 17.1. The number of carbonyl (C=O) groups is 1. The number of halogens is 4. The number of carbonyl (C=O) groups excluding carboxylic acids is 1. The van der Waals surface area contributed by atoms with E-state index in [1.54, 1.807) is 0 Å². The quantitative estimate of drug-likeness (QED) is 0.683. The van der Waals surface area contributed by atoms with Crippen molar-refractivity contribution in [1.29, 1.82) is 0 Å². The molecular weight excluding hydrogens is 377 g/mol. The molecule has 3 N–H and O–H groups in total. The van der Waals surface area contributed by atoms with Crippen LogP contribution in [0.15, 0.2) is 23.1 Å². The van der Waals surface area contributed by atoms with Crippen molar-refractivity contribution < 1.29 is 18.0 Å². The summed E-state index contributed by atoms with van der Waals surface area (Å²) in [4.78, 5) is 12.8. The van der Waals surface area contributed by atoms with Crippen molar-refractivity contribution in [3.63, 3.8) is 0 Å². The summed E-state index contributed by atoms with van der Waals surface area (Å²) in [6, 6.07) is 3.66. The smallest absolute Gasteiger partial charge is 0.276 e. The summed E-state index contributed by atoms with van der Waals surface area (Å²) in [5, 5.41) is 12.6. The summed E-state index contributed by atoms with van der Waals surface area (Å²) in [6.45, 7) is 1.32. The number of rotatable bonds is 5. The Labute approximate surface area is 152 Å². The van der Waals surface area contributed by atoms with Gasteiger partial charge in [0.1, 0.15) is 5.82 Å². The minimum absolute atomic E-state index is 0. The van der Waals surface area contributed by atoms with Crippen LogP contribution in [0.3, 0.4) is 0 Å². The molecule has 136 valence electrons. The average Bonchev–Trinajstić information content (AvgIpc) is 2.98. The van der Waals surface area contributed by atoms with Gasteiger partial charge in [0.25, 0.3) is 5.91 Å². The van der Waals surface area contributed by atoms with Crippen LogP contribution in [0.5, 0.6) is 0 Å². The van der Waals surface area contributed by atoms with Crippen molar-refractivity contribution in [3.8, 4) is 0 Å². The molecule has 1 aromatic heterocycles. The van der Waals surface area contributed by atoms with E-state index in [0.717, 1.165) is 42.1 Å². The number of hydrogen-bond donors (Lipinski definition) is 3. The third-order valence-electron chi connectivity index (χ3n) is 3.58. The molecule has 1 aliphatic heterocycles. The number of H-pyrrole nitrogens is 1. The lowest BCUT2D eigenvalue weighted by atomic mass is 10.1. The predicted octanol–water partition coefficient (Wildman–Crippen LogP) is 3.23. The van der Waals surface area contributed by atoms with Crippen LogP contribution in [0.2, 0.25) is 0 Å². The maximum absolute atomic E-state index is 13.5. The molecule has 0 bridgehead atoms. The molecular formula is C15H16ClF3N4OS. The topological polar surface area (TPSA) is 69.8 Å². The molecule has 0 radical (unpaired) electrons. The van der Waals surface area contributed by atoms with E-state index in [2.05, 4.69) is 20.8 Å². The monoisotopic (exact) mass is 392 g/mol. The molecule has 0 fully saturated rings. The highest BCUT2D eigenvalue weighted by Gasteiger charge is 2.22. The first-order valence-electron chi connectivity index (χ1n) is 7.33. The number of nitrogens with zero attached hydrogens (tertiary/aromatic N) is 1. The molecule has 10 heteroatoms. The van der Waals surface area contributed by atoms with Crippen molar-refractivity contribution in [2.45, 2.75) is 24.3 Å². The van der Waals surface area contributed by atoms with Gasteiger partial charge in [-0.05, 0) is 18.2 Å². The summed E-state index contributed by atoms with van der Waals surface area (Å²) in [5.74, 6) is -1.49. The van der Waals surface area contributed by atoms with Gasteiger partial charge >= 0.3 is 0 Å². The lowest BCUT2D eigenvalue weighted by Crippen LogP contribution is -2.25. The Morgan fingerprint density at radius 1 is 1.40 bits per heavy atom. The Balaban J connectivity index is 0.00000225. The van der Waals surface area contributed by atoms with Gasteiger partial charge in [-0.2, -0.15) is 5.10 Å². The number of aromatic amines is 1. The normalized spacial score (nSPS) is 13.3. The van der Waals surface area contributed by atoms with Crippen molar-refractivity contribution in [3.05, 3.63) is 41.0 Å². The zero-order valence-corrected chi connectivity index (χ0v) is 14.6. The van der Waals surface area contributed by atoms with Gasteiger partial charge in [0.2, 0.25) is 6.43 Å². The average molecular weight is 393 g/mol. The van der Waals surface area contributed by atoms with Crippen LogP contribution >= 0.6 is 24.2 Å². The van der Waals surface area contributed by atoms with Gasteiger partial charge in [0.15, 0.2) is 5.69 Å².